The topological polar surface area (TPSA) is 20.2 Å². The lowest BCUT2D eigenvalue weighted by Crippen LogP contribution is -2.27. The van der Waals surface area contributed by atoms with Crippen LogP contribution in [0.15, 0.2) is 11.4 Å². The van der Waals surface area contributed by atoms with Gasteiger partial charge in [0.25, 0.3) is 0 Å². The normalized spacial score (nSPS) is 21.6. The van der Waals surface area contributed by atoms with E-state index in [0.717, 1.165) is 11.3 Å². The van der Waals surface area contributed by atoms with Crippen LogP contribution in [0.2, 0.25) is 0 Å². The van der Waals surface area contributed by atoms with E-state index in [4.69, 9.17) is 0 Å². The van der Waals surface area contributed by atoms with Crippen LogP contribution in [0.4, 0.5) is 0 Å². The molecule has 1 aliphatic carbocycles. The van der Waals surface area contributed by atoms with Gasteiger partial charge in [0, 0.05) is 8.45 Å². The lowest BCUT2D eigenvalue weighted by molar-refractivity contribution is 0.0561. The predicted molar refractivity (Wildman–Crippen MR) is 68.6 cm³/mol. The molecule has 1 fully saturated rings. The van der Waals surface area contributed by atoms with Crippen molar-refractivity contribution in [2.45, 2.75) is 38.7 Å². The van der Waals surface area contributed by atoms with E-state index >= 15 is 0 Å². The Balaban J connectivity index is 2.02. The second-order valence-electron chi connectivity index (χ2n) is 4.52. The van der Waals surface area contributed by atoms with Crippen molar-refractivity contribution >= 4 is 33.9 Å². The van der Waals surface area contributed by atoms with Crippen molar-refractivity contribution in [3.63, 3.8) is 0 Å². The van der Waals surface area contributed by atoms with Gasteiger partial charge in [-0.1, -0.05) is 13.3 Å². The van der Waals surface area contributed by atoms with E-state index in [1.807, 2.05) is 0 Å². The lowest BCUT2D eigenvalue weighted by Gasteiger charge is -2.39. The van der Waals surface area contributed by atoms with Crippen molar-refractivity contribution in [2.24, 2.45) is 5.41 Å². The van der Waals surface area contributed by atoms with E-state index in [0.29, 0.717) is 5.41 Å². The van der Waals surface area contributed by atoms with Gasteiger partial charge in [-0.05, 0) is 58.7 Å². The molecule has 1 aromatic heterocycles. The molecule has 0 aromatic carbocycles. The van der Waals surface area contributed by atoms with Crippen molar-refractivity contribution in [2.75, 3.05) is 0 Å². The molecule has 1 aromatic rings. The summed E-state index contributed by atoms with van der Waals surface area (Å²) in [5.41, 5.74) is 0.409. The number of aliphatic hydroxyl groups is 1. The molecule has 3 heteroatoms. The van der Waals surface area contributed by atoms with Gasteiger partial charge in [-0.25, -0.2) is 0 Å². The minimum absolute atomic E-state index is 0.243. The lowest BCUT2D eigenvalue weighted by atomic mass is 9.67. The van der Waals surface area contributed by atoms with Crippen LogP contribution in [0.3, 0.4) is 0 Å². The van der Waals surface area contributed by atoms with Crippen LogP contribution in [0.5, 0.6) is 0 Å². The smallest absolute Gasteiger partial charge is 0.0897 e. The molecular formula is C11H15IOS. The molecular weight excluding hydrogens is 307 g/mol. The van der Waals surface area contributed by atoms with Gasteiger partial charge in [0.15, 0.2) is 0 Å². The van der Waals surface area contributed by atoms with Crippen molar-refractivity contribution in [3.05, 3.63) is 19.9 Å². The number of rotatable bonds is 3. The van der Waals surface area contributed by atoms with E-state index < -0.39 is 0 Å². The van der Waals surface area contributed by atoms with E-state index in [9.17, 15) is 5.11 Å². The van der Waals surface area contributed by atoms with Crippen LogP contribution < -0.4 is 0 Å². The molecule has 1 nitrogen and oxygen atoms in total. The quantitative estimate of drug-likeness (QED) is 0.835. The summed E-state index contributed by atoms with van der Waals surface area (Å²) in [6, 6.07) is 2.08. The standard InChI is InChI=1S/C11H15IOS/c1-11(4-2-5-11)7-9(13)10-8(12)3-6-14-10/h3,6,9,13H,2,4-5,7H2,1H3. The first-order valence-corrected chi connectivity index (χ1v) is 6.98. The first-order valence-electron chi connectivity index (χ1n) is 5.02. The first-order chi connectivity index (χ1) is 6.61. The zero-order chi connectivity index (χ0) is 10.2. The average molecular weight is 322 g/mol. The number of hydrogen-bond acceptors (Lipinski definition) is 2. The maximum atomic E-state index is 10.1. The Bertz CT molecular complexity index is 317. The maximum Gasteiger partial charge on any atom is 0.0897 e. The highest BCUT2D eigenvalue weighted by atomic mass is 127. The van der Waals surface area contributed by atoms with Gasteiger partial charge in [-0.3, -0.25) is 0 Å². The molecule has 0 bridgehead atoms. The van der Waals surface area contributed by atoms with E-state index in [1.54, 1.807) is 11.3 Å². The molecule has 1 atom stereocenters. The molecule has 78 valence electrons. The molecule has 0 spiro atoms. The molecule has 14 heavy (non-hydrogen) atoms. The van der Waals surface area contributed by atoms with Crippen molar-refractivity contribution in [1.29, 1.82) is 0 Å². The van der Waals surface area contributed by atoms with Crippen LogP contribution in [0.1, 0.15) is 43.6 Å². The van der Waals surface area contributed by atoms with Gasteiger partial charge in [0.2, 0.25) is 0 Å². The summed E-state index contributed by atoms with van der Waals surface area (Å²) >= 11 is 3.98. The van der Waals surface area contributed by atoms with Crippen LogP contribution in [-0.4, -0.2) is 5.11 Å². The Morgan fingerprint density at radius 1 is 1.64 bits per heavy atom. The SMILES string of the molecule is CC1(CC(O)c2sccc2I)CCC1. The highest BCUT2D eigenvalue weighted by Crippen LogP contribution is 2.47. The summed E-state index contributed by atoms with van der Waals surface area (Å²) in [6.07, 6.45) is 4.60. The summed E-state index contributed by atoms with van der Waals surface area (Å²) in [5.74, 6) is 0. The third kappa shape index (κ3) is 2.14. The molecule has 0 radical (unpaired) electrons. The molecule has 2 rings (SSSR count). The van der Waals surface area contributed by atoms with Crippen LogP contribution >= 0.6 is 33.9 Å². The fourth-order valence-electron chi connectivity index (χ4n) is 2.09. The maximum absolute atomic E-state index is 10.1. The molecule has 0 saturated heterocycles. The van der Waals surface area contributed by atoms with E-state index in [2.05, 4.69) is 41.0 Å². The Morgan fingerprint density at radius 3 is 2.79 bits per heavy atom. The summed E-state index contributed by atoms with van der Waals surface area (Å²) in [7, 11) is 0. The Kier molecular flexibility index (Phi) is 3.19. The summed E-state index contributed by atoms with van der Waals surface area (Å²) in [6.45, 7) is 2.29. The number of halogens is 1. The largest absolute Gasteiger partial charge is 0.388 e. The second-order valence-corrected chi connectivity index (χ2v) is 6.63. The highest BCUT2D eigenvalue weighted by Gasteiger charge is 2.34. The minimum atomic E-state index is -0.243. The monoisotopic (exact) mass is 322 g/mol. The van der Waals surface area contributed by atoms with Crippen molar-refractivity contribution in [3.8, 4) is 0 Å². The number of thiophene rings is 1. The molecule has 1 unspecified atom stereocenters. The first kappa shape index (κ1) is 10.9. The third-order valence-electron chi connectivity index (χ3n) is 3.19. The molecule has 1 aliphatic rings. The Hall–Kier alpha value is 0.390. The van der Waals surface area contributed by atoms with Gasteiger partial charge in [-0.15, -0.1) is 11.3 Å². The summed E-state index contributed by atoms with van der Waals surface area (Å²) < 4.78 is 1.21. The average Bonchev–Trinajstić information content (AvgIpc) is 2.48. The zero-order valence-corrected chi connectivity index (χ0v) is 11.3. The number of hydrogen-bond donors (Lipinski definition) is 1. The molecule has 1 saturated carbocycles. The zero-order valence-electron chi connectivity index (χ0n) is 8.29. The van der Waals surface area contributed by atoms with Gasteiger partial charge in [-0.2, -0.15) is 0 Å². The fourth-order valence-corrected chi connectivity index (χ4v) is 4.02. The van der Waals surface area contributed by atoms with Gasteiger partial charge in [0.1, 0.15) is 0 Å². The van der Waals surface area contributed by atoms with Gasteiger partial charge in [0.05, 0.1) is 6.10 Å². The van der Waals surface area contributed by atoms with Gasteiger partial charge < -0.3 is 5.11 Å². The summed E-state index contributed by atoms with van der Waals surface area (Å²) in [5, 5.41) is 12.2. The van der Waals surface area contributed by atoms with Gasteiger partial charge >= 0.3 is 0 Å². The van der Waals surface area contributed by atoms with E-state index in [-0.39, 0.29) is 6.10 Å². The molecule has 0 aliphatic heterocycles. The summed E-state index contributed by atoms with van der Waals surface area (Å²) in [4.78, 5) is 1.15. The van der Waals surface area contributed by atoms with E-state index in [1.165, 1.54) is 22.8 Å². The van der Waals surface area contributed by atoms with Crippen LogP contribution in [-0.2, 0) is 0 Å². The molecule has 0 amide bonds. The second kappa shape index (κ2) is 4.10. The van der Waals surface area contributed by atoms with Crippen molar-refractivity contribution < 1.29 is 5.11 Å². The molecule has 1 heterocycles. The van der Waals surface area contributed by atoms with Crippen LogP contribution in [0, 0.1) is 8.99 Å². The Labute approximate surface area is 103 Å². The minimum Gasteiger partial charge on any atom is -0.388 e. The predicted octanol–water partition coefficient (Wildman–Crippen LogP) is 3.97. The molecule has 1 N–H and O–H groups in total. The third-order valence-corrected chi connectivity index (χ3v) is 5.52. The Morgan fingerprint density at radius 2 is 2.36 bits per heavy atom. The van der Waals surface area contributed by atoms with Crippen molar-refractivity contribution in [1.82, 2.24) is 0 Å². The van der Waals surface area contributed by atoms with Crippen LogP contribution in [0.25, 0.3) is 0 Å². The number of aliphatic hydroxyl groups excluding tert-OH is 1. The fraction of sp³-hybridized carbons (Fsp3) is 0.636. The highest BCUT2D eigenvalue weighted by molar-refractivity contribution is 14.1.